The summed E-state index contributed by atoms with van der Waals surface area (Å²) in [6, 6.07) is 0. The smallest absolute Gasteiger partial charge is 0.258 e. The van der Waals surface area contributed by atoms with Gasteiger partial charge in [-0.1, -0.05) is 6.42 Å². The lowest BCUT2D eigenvalue weighted by Crippen LogP contribution is -2.31. The molecule has 0 aromatic carbocycles. The summed E-state index contributed by atoms with van der Waals surface area (Å²) < 4.78 is 1.47. The van der Waals surface area contributed by atoms with Gasteiger partial charge in [0.25, 0.3) is 5.95 Å². The van der Waals surface area contributed by atoms with Crippen LogP contribution in [0, 0.1) is 5.92 Å². The Hall–Kier alpha value is -2.25. The molecule has 2 aromatic rings. The van der Waals surface area contributed by atoms with Crippen LogP contribution in [0.3, 0.4) is 0 Å². The molecule has 2 N–H and O–H groups in total. The summed E-state index contributed by atoms with van der Waals surface area (Å²) in [5, 5.41) is 4.00. The van der Waals surface area contributed by atoms with Gasteiger partial charge in [-0.25, -0.2) is 4.98 Å². The molecule has 0 bridgehead atoms. The van der Waals surface area contributed by atoms with Crippen LogP contribution in [0.1, 0.15) is 19.3 Å². The highest BCUT2D eigenvalue weighted by Crippen LogP contribution is 2.27. The quantitative estimate of drug-likeness (QED) is 0.842. The first kappa shape index (κ1) is 11.8. The SMILES string of the molecule is CN(CC1CCC1)c1nc(N)nc(-n2cncn2)n1. The first-order chi connectivity index (χ1) is 9.22. The van der Waals surface area contributed by atoms with Gasteiger partial charge in [0.05, 0.1) is 0 Å². The van der Waals surface area contributed by atoms with Crippen molar-refractivity contribution < 1.29 is 0 Å². The fourth-order valence-corrected chi connectivity index (χ4v) is 2.10. The van der Waals surface area contributed by atoms with E-state index in [0.29, 0.717) is 11.9 Å². The van der Waals surface area contributed by atoms with E-state index in [0.717, 1.165) is 12.5 Å². The summed E-state index contributed by atoms with van der Waals surface area (Å²) in [5.41, 5.74) is 5.73. The number of nitrogens with zero attached hydrogens (tertiary/aromatic N) is 7. The second-order valence-corrected chi connectivity index (χ2v) is 4.81. The normalized spacial score (nSPS) is 15.2. The van der Waals surface area contributed by atoms with E-state index in [1.54, 1.807) is 0 Å². The monoisotopic (exact) mass is 260 g/mol. The van der Waals surface area contributed by atoms with Gasteiger partial charge in [-0.3, -0.25) is 0 Å². The predicted octanol–water partition coefficient (Wildman–Crippen LogP) is 0.271. The number of nitrogen functional groups attached to an aromatic ring is 1. The molecule has 0 spiro atoms. The van der Waals surface area contributed by atoms with E-state index in [9.17, 15) is 0 Å². The Morgan fingerprint density at radius 1 is 1.37 bits per heavy atom. The maximum Gasteiger partial charge on any atom is 0.258 e. The molecule has 0 saturated heterocycles. The van der Waals surface area contributed by atoms with Crippen LogP contribution in [0.5, 0.6) is 0 Å². The first-order valence-electron chi connectivity index (χ1n) is 6.30. The van der Waals surface area contributed by atoms with Crippen molar-refractivity contribution in [3.63, 3.8) is 0 Å². The largest absolute Gasteiger partial charge is 0.368 e. The Labute approximate surface area is 110 Å². The third-order valence-electron chi connectivity index (χ3n) is 3.35. The van der Waals surface area contributed by atoms with Crippen molar-refractivity contribution in [2.75, 3.05) is 24.2 Å². The molecule has 0 amide bonds. The van der Waals surface area contributed by atoms with Gasteiger partial charge < -0.3 is 10.6 Å². The average Bonchev–Trinajstić information content (AvgIpc) is 2.86. The van der Waals surface area contributed by atoms with Crippen LogP contribution in [-0.4, -0.2) is 43.3 Å². The Kier molecular flexibility index (Phi) is 2.98. The molecule has 100 valence electrons. The van der Waals surface area contributed by atoms with Crippen LogP contribution in [0.2, 0.25) is 0 Å². The van der Waals surface area contributed by atoms with Crippen LogP contribution in [-0.2, 0) is 0 Å². The number of nitrogens with two attached hydrogens (primary N) is 1. The molecule has 1 aliphatic rings. The molecule has 3 rings (SSSR count). The van der Waals surface area contributed by atoms with Crippen molar-refractivity contribution in [2.24, 2.45) is 5.92 Å². The molecule has 1 aliphatic carbocycles. The third kappa shape index (κ3) is 2.47. The fraction of sp³-hybridized carbons (Fsp3) is 0.545. The highest BCUT2D eigenvalue weighted by molar-refractivity contribution is 5.36. The lowest BCUT2D eigenvalue weighted by atomic mass is 9.85. The van der Waals surface area contributed by atoms with Crippen LogP contribution in [0.4, 0.5) is 11.9 Å². The molecule has 1 saturated carbocycles. The number of rotatable bonds is 4. The lowest BCUT2D eigenvalue weighted by molar-refractivity contribution is 0.320. The average molecular weight is 260 g/mol. The predicted molar refractivity (Wildman–Crippen MR) is 69.8 cm³/mol. The molecular weight excluding hydrogens is 244 g/mol. The summed E-state index contributed by atoms with van der Waals surface area (Å²) in [4.78, 5) is 18.5. The Morgan fingerprint density at radius 2 is 2.21 bits per heavy atom. The molecule has 1 fully saturated rings. The van der Waals surface area contributed by atoms with E-state index in [2.05, 4.69) is 25.0 Å². The van der Waals surface area contributed by atoms with Crippen molar-refractivity contribution in [2.45, 2.75) is 19.3 Å². The summed E-state index contributed by atoms with van der Waals surface area (Å²) in [6.07, 6.45) is 6.84. The molecule has 19 heavy (non-hydrogen) atoms. The number of hydrogen-bond donors (Lipinski definition) is 1. The van der Waals surface area contributed by atoms with Gasteiger partial charge in [0.2, 0.25) is 11.9 Å². The number of aromatic nitrogens is 6. The summed E-state index contributed by atoms with van der Waals surface area (Å²) in [7, 11) is 1.97. The van der Waals surface area contributed by atoms with Crippen molar-refractivity contribution in [1.82, 2.24) is 29.7 Å². The van der Waals surface area contributed by atoms with E-state index in [-0.39, 0.29) is 5.95 Å². The molecule has 2 heterocycles. The van der Waals surface area contributed by atoms with Gasteiger partial charge in [0, 0.05) is 13.6 Å². The van der Waals surface area contributed by atoms with Gasteiger partial charge in [-0.2, -0.15) is 24.7 Å². The van der Waals surface area contributed by atoms with Gasteiger partial charge >= 0.3 is 0 Å². The zero-order valence-corrected chi connectivity index (χ0v) is 10.8. The first-order valence-corrected chi connectivity index (χ1v) is 6.30. The lowest BCUT2D eigenvalue weighted by Gasteiger charge is -2.30. The second kappa shape index (κ2) is 4.79. The molecule has 8 nitrogen and oxygen atoms in total. The van der Waals surface area contributed by atoms with Crippen LogP contribution < -0.4 is 10.6 Å². The summed E-state index contributed by atoms with van der Waals surface area (Å²) in [6.45, 7) is 0.945. The highest BCUT2D eigenvalue weighted by Gasteiger charge is 2.21. The van der Waals surface area contributed by atoms with Gasteiger partial charge in [-0.05, 0) is 18.8 Å². The molecule has 0 unspecified atom stereocenters. The topological polar surface area (TPSA) is 98.6 Å². The van der Waals surface area contributed by atoms with E-state index >= 15 is 0 Å². The van der Waals surface area contributed by atoms with E-state index in [1.807, 2.05) is 11.9 Å². The molecule has 0 radical (unpaired) electrons. The molecule has 8 heteroatoms. The number of hydrogen-bond acceptors (Lipinski definition) is 7. The van der Waals surface area contributed by atoms with Crippen LogP contribution in [0.25, 0.3) is 5.95 Å². The summed E-state index contributed by atoms with van der Waals surface area (Å²) >= 11 is 0. The van der Waals surface area contributed by atoms with Crippen molar-refractivity contribution >= 4 is 11.9 Å². The van der Waals surface area contributed by atoms with E-state index in [1.165, 1.54) is 36.6 Å². The minimum atomic E-state index is 0.191. The Morgan fingerprint density at radius 3 is 2.84 bits per heavy atom. The maximum absolute atomic E-state index is 5.73. The zero-order valence-electron chi connectivity index (χ0n) is 10.8. The maximum atomic E-state index is 5.73. The molecule has 0 aliphatic heterocycles. The minimum Gasteiger partial charge on any atom is -0.368 e. The van der Waals surface area contributed by atoms with Crippen molar-refractivity contribution in [3.05, 3.63) is 12.7 Å². The number of anilines is 2. The van der Waals surface area contributed by atoms with E-state index < -0.39 is 0 Å². The van der Waals surface area contributed by atoms with Crippen molar-refractivity contribution in [1.29, 1.82) is 0 Å². The molecule has 0 atom stereocenters. The molecule has 2 aromatic heterocycles. The minimum absolute atomic E-state index is 0.191. The van der Waals surface area contributed by atoms with Crippen LogP contribution >= 0.6 is 0 Å². The van der Waals surface area contributed by atoms with Gasteiger partial charge in [-0.15, -0.1) is 0 Å². The van der Waals surface area contributed by atoms with Crippen LogP contribution in [0.15, 0.2) is 12.7 Å². The molecular formula is C11H16N8. The van der Waals surface area contributed by atoms with E-state index in [4.69, 9.17) is 5.73 Å². The van der Waals surface area contributed by atoms with Gasteiger partial charge in [0.15, 0.2) is 0 Å². The highest BCUT2D eigenvalue weighted by atomic mass is 15.4. The fourth-order valence-electron chi connectivity index (χ4n) is 2.10. The Bertz CT molecular complexity index is 548. The van der Waals surface area contributed by atoms with Crippen molar-refractivity contribution in [3.8, 4) is 5.95 Å². The second-order valence-electron chi connectivity index (χ2n) is 4.81. The summed E-state index contributed by atoms with van der Waals surface area (Å²) in [5.74, 6) is 1.89. The standard InChI is InChI=1S/C11H16N8/c1-18(5-8-3-2-4-8)10-15-9(12)16-11(17-10)19-7-13-6-14-19/h6-8H,2-5H2,1H3,(H2,12,15,16,17). The Balaban J connectivity index is 1.84. The third-order valence-corrected chi connectivity index (χ3v) is 3.35. The zero-order chi connectivity index (χ0) is 13.2. The van der Waals surface area contributed by atoms with Gasteiger partial charge in [0.1, 0.15) is 12.7 Å².